The van der Waals surface area contributed by atoms with Gasteiger partial charge in [-0.2, -0.15) is 0 Å². The van der Waals surface area contributed by atoms with Crippen molar-refractivity contribution in [1.29, 1.82) is 0 Å². The van der Waals surface area contributed by atoms with Crippen molar-refractivity contribution in [3.05, 3.63) is 29.9 Å². The number of hydrogen-bond acceptors (Lipinski definition) is 5. The molecular formula is C12H13FN2O3S. The lowest BCUT2D eigenvalue weighted by Crippen LogP contribution is -2.29. The second-order valence-electron chi connectivity index (χ2n) is 4.70. The van der Waals surface area contributed by atoms with Gasteiger partial charge in [-0.05, 0) is 18.6 Å². The van der Waals surface area contributed by atoms with Crippen molar-refractivity contribution in [2.75, 3.05) is 11.5 Å². The lowest BCUT2D eigenvalue weighted by molar-refractivity contribution is 0.463. The smallest absolute Gasteiger partial charge is 0.209 e. The molecule has 0 bridgehead atoms. The Labute approximate surface area is 109 Å². The summed E-state index contributed by atoms with van der Waals surface area (Å²) in [5, 5.41) is 3.10. The molecule has 0 saturated carbocycles. The molecule has 2 heterocycles. The number of oxazole rings is 1. The van der Waals surface area contributed by atoms with E-state index in [9.17, 15) is 12.8 Å². The minimum Gasteiger partial charge on any atom is -0.439 e. The number of nitrogens with zero attached hydrogens (tertiary/aromatic N) is 1. The highest BCUT2D eigenvalue weighted by molar-refractivity contribution is 7.91. The third kappa shape index (κ3) is 2.76. The van der Waals surface area contributed by atoms with Crippen molar-refractivity contribution in [1.82, 2.24) is 10.3 Å². The number of hydrogen-bond donors (Lipinski definition) is 1. The fourth-order valence-electron chi connectivity index (χ4n) is 2.21. The number of aromatic nitrogens is 1. The minimum absolute atomic E-state index is 0.0586. The molecule has 1 unspecified atom stereocenters. The van der Waals surface area contributed by atoms with Crippen LogP contribution < -0.4 is 5.32 Å². The highest BCUT2D eigenvalue weighted by Gasteiger charge is 2.27. The van der Waals surface area contributed by atoms with Crippen LogP contribution in [-0.2, 0) is 16.4 Å². The topological polar surface area (TPSA) is 72.2 Å². The summed E-state index contributed by atoms with van der Waals surface area (Å²) in [6, 6.07) is 4.09. The zero-order valence-corrected chi connectivity index (χ0v) is 10.9. The second-order valence-corrected chi connectivity index (χ2v) is 6.93. The van der Waals surface area contributed by atoms with Gasteiger partial charge >= 0.3 is 0 Å². The molecule has 1 fully saturated rings. The summed E-state index contributed by atoms with van der Waals surface area (Å²) in [5.74, 6) is 0.456. The molecule has 19 heavy (non-hydrogen) atoms. The summed E-state index contributed by atoms with van der Waals surface area (Å²) < 4.78 is 41.1. The maximum absolute atomic E-state index is 13.0. The van der Waals surface area contributed by atoms with Gasteiger partial charge in [-0.3, -0.25) is 0 Å². The van der Waals surface area contributed by atoms with E-state index in [-0.39, 0.29) is 23.4 Å². The Bertz CT molecular complexity index is 711. The normalized spacial score (nSPS) is 22.1. The van der Waals surface area contributed by atoms with Crippen molar-refractivity contribution in [2.45, 2.75) is 19.0 Å². The fraction of sp³-hybridized carbons (Fsp3) is 0.417. The van der Waals surface area contributed by atoms with Gasteiger partial charge in [0.05, 0.1) is 18.1 Å². The van der Waals surface area contributed by atoms with E-state index in [0.29, 0.717) is 30.0 Å². The number of sulfone groups is 1. The Hall–Kier alpha value is -1.47. The number of fused-ring (bicyclic) bond motifs is 1. The summed E-state index contributed by atoms with van der Waals surface area (Å²) >= 11 is 0. The van der Waals surface area contributed by atoms with Crippen LogP contribution in [0.25, 0.3) is 11.1 Å². The molecule has 1 N–H and O–H groups in total. The monoisotopic (exact) mass is 284 g/mol. The largest absolute Gasteiger partial charge is 0.439 e. The number of rotatable bonds is 3. The third-order valence-electron chi connectivity index (χ3n) is 3.17. The second kappa shape index (κ2) is 4.57. The predicted octanol–water partition coefficient (Wildman–Crippen LogP) is 1.24. The Morgan fingerprint density at radius 2 is 2.32 bits per heavy atom. The molecule has 1 aromatic heterocycles. The fourth-order valence-corrected chi connectivity index (χ4v) is 3.92. The van der Waals surface area contributed by atoms with Gasteiger partial charge in [-0.1, -0.05) is 0 Å². The highest BCUT2D eigenvalue weighted by atomic mass is 32.2. The molecule has 0 spiro atoms. The Morgan fingerprint density at radius 3 is 3.05 bits per heavy atom. The Balaban J connectivity index is 1.69. The minimum atomic E-state index is -2.89. The number of nitrogens with one attached hydrogen (secondary N) is 1. The predicted molar refractivity (Wildman–Crippen MR) is 67.9 cm³/mol. The first kappa shape index (κ1) is 12.6. The van der Waals surface area contributed by atoms with Crippen molar-refractivity contribution < 1.29 is 17.2 Å². The van der Waals surface area contributed by atoms with Crippen LogP contribution in [0.4, 0.5) is 4.39 Å². The summed E-state index contributed by atoms with van der Waals surface area (Å²) in [4.78, 5) is 4.15. The van der Waals surface area contributed by atoms with Gasteiger partial charge in [0.15, 0.2) is 15.4 Å². The summed E-state index contributed by atoms with van der Waals surface area (Å²) in [6.45, 7) is 0.344. The maximum atomic E-state index is 13.0. The van der Waals surface area contributed by atoms with E-state index in [4.69, 9.17) is 4.42 Å². The van der Waals surface area contributed by atoms with Gasteiger partial charge in [-0.25, -0.2) is 17.8 Å². The van der Waals surface area contributed by atoms with Gasteiger partial charge in [-0.15, -0.1) is 0 Å². The van der Waals surface area contributed by atoms with E-state index in [1.54, 1.807) is 0 Å². The molecule has 1 aliphatic heterocycles. The Kier molecular flexibility index (Phi) is 3.02. The van der Waals surface area contributed by atoms with E-state index in [1.165, 1.54) is 18.2 Å². The lowest BCUT2D eigenvalue weighted by atomic mass is 10.3. The molecular weight excluding hydrogens is 271 g/mol. The highest BCUT2D eigenvalue weighted by Crippen LogP contribution is 2.17. The Morgan fingerprint density at radius 1 is 1.47 bits per heavy atom. The standard InChI is InChI=1S/C12H13FN2O3S/c13-8-1-2-11-10(5-8)15-12(18-11)6-14-9-3-4-19(16,17)7-9/h1-2,5,9,14H,3-4,6-7H2. The van der Waals surface area contributed by atoms with Crippen LogP contribution in [0.5, 0.6) is 0 Å². The van der Waals surface area contributed by atoms with Crippen LogP contribution in [-0.4, -0.2) is 30.9 Å². The van der Waals surface area contributed by atoms with Crippen molar-refractivity contribution >= 4 is 20.9 Å². The van der Waals surface area contributed by atoms with Crippen molar-refractivity contribution in [2.24, 2.45) is 0 Å². The van der Waals surface area contributed by atoms with E-state index >= 15 is 0 Å². The summed E-state index contributed by atoms with van der Waals surface area (Å²) in [5.41, 5.74) is 0.994. The van der Waals surface area contributed by atoms with E-state index in [2.05, 4.69) is 10.3 Å². The van der Waals surface area contributed by atoms with Gasteiger partial charge in [0.25, 0.3) is 0 Å². The molecule has 0 aliphatic carbocycles. The van der Waals surface area contributed by atoms with Crippen molar-refractivity contribution in [3.8, 4) is 0 Å². The average Bonchev–Trinajstić information content (AvgIpc) is 2.89. The van der Waals surface area contributed by atoms with Crippen LogP contribution in [0.3, 0.4) is 0 Å². The molecule has 1 aliphatic rings. The zero-order chi connectivity index (χ0) is 13.5. The molecule has 1 aromatic carbocycles. The van der Waals surface area contributed by atoms with Gasteiger partial charge < -0.3 is 9.73 Å². The van der Waals surface area contributed by atoms with Gasteiger partial charge in [0, 0.05) is 12.1 Å². The van der Waals surface area contributed by atoms with E-state index < -0.39 is 9.84 Å². The average molecular weight is 284 g/mol. The zero-order valence-electron chi connectivity index (χ0n) is 10.1. The third-order valence-corrected chi connectivity index (χ3v) is 4.94. The molecule has 5 nitrogen and oxygen atoms in total. The SMILES string of the molecule is O=S1(=O)CCC(NCc2nc3cc(F)ccc3o2)C1. The quantitative estimate of drug-likeness (QED) is 0.918. The molecule has 102 valence electrons. The van der Waals surface area contributed by atoms with Crippen molar-refractivity contribution in [3.63, 3.8) is 0 Å². The molecule has 0 radical (unpaired) electrons. The molecule has 0 amide bonds. The number of halogens is 1. The maximum Gasteiger partial charge on any atom is 0.209 e. The number of benzene rings is 1. The van der Waals surface area contributed by atoms with Gasteiger partial charge in [0.1, 0.15) is 11.3 Å². The first-order valence-corrected chi connectivity index (χ1v) is 7.83. The summed E-state index contributed by atoms with van der Waals surface area (Å²) in [7, 11) is -2.89. The lowest BCUT2D eigenvalue weighted by Gasteiger charge is -2.07. The molecule has 2 aromatic rings. The van der Waals surface area contributed by atoms with Crippen LogP contribution in [0.15, 0.2) is 22.6 Å². The molecule has 3 rings (SSSR count). The first-order chi connectivity index (χ1) is 9.02. The van der Waals surface area contributed by atoms with Crippen LogP contribution in [0, 0.1) is 5.82 Å². The van der Waals surface area contributed by atoms with Gasteiger partial charge in [0.2, 0.25) is 5.89 Å². The summed E-state index contributed by atoms with van der Waals surface area (Å²) in [6.07, 6.45) is 0.608. The van der Waals surface area contributed by atoms with Crippen LogP contribution in [0.2, 0.25) is 0 Å². The molecule has 1 atom stereocenters. The molecule has 1 saturated heterocycles. The first-order valence-electron chi connectivity index (χ1n) is 6.01. The van der Waals surface area contributed by atoms with E-state index in [0.717, 1.165) is 0 Å². The van der Waals surface area contributed by atoms with Crippen LogP contribution >= 0.6 is 0 Å². The van der Waals surface area contributed by atoms with E-state index in [1.807, 2.05) is 0 Å². The van der Waals surface area contributed by atoms with Crippen LogP contribution in [0.1, 0.15) is 12.3 Å². The molecule has 7 heteroatoms.